The van der Waals surface area contributed by atoms with Gasteiger partial charge in [-0.25, -0.2) is 0 Å². The number of aromatic nitrogens is 2. The van der Waals surface area contributed by atoms with E-state index in [-0.39, 0.29) is 5.91 Å². The largest absolute Gasteiger partial charge is 0.354 e. The van der Waals surface area contributed by atoms with Crippen LogP contribution in [-0.4, -0.2) is 58.9 Å². The molecule has 6 nitrogen and oxygen atoms in total. The second-order valence-corrected chi connectivity index (χ2v) is 5.67. The lowest BCUT2D eigenvalue weighted by Crippen LogP contribution is -2.60. The van der Waals surface area contributed by atoms with E-state index in [0.717, 1.165) is 39.1 Å². The molecule has 0 atom stereocenters. The predicted molar refractivity (Wildman–Crippen MR) is 78.4 cm³/mol. The standard InChI is InChI=1S/C14H25N5O/c1-14(2,18-11-7-15-8-12-18)13(20)16-5-3-9-19-10-4-6-17-19/h4,6,10,15H,3,5,7-9,11-12H2,1-2H3,(H,16,20). The maximum Gasteiger partial charge on any atom is 0.239 e. The van der Waals surface area contributed by atoms with Crippen LogP contribution in [0.25, 0.3) is 0 Å². The minimum Gasteiger partial charge on any atom is -0.354 e. The number of hydrogen-bond donors (Lipinski definition) is 2. The summed E-state index contributed by atoms with van der Waals surface area (Å²) in [6, 6.07) is 1.91. The Balaban J connectivity index is 1.72. The Kier molecular flexibility index (Phi) is 5.14. The number of nitrogens with zero attached hydrogens (tertiary/aromatic N) is 3. The van der Waals surface area contributed by atoms with Crippen LogP contribution in [0.4, 0.5) is 0 Å². The van der Waals surface area contributed by atoms with Crippen molar-refractivity contribution in [3.05, 3.63) is 18.5 Å². The number of carbonyl (C=O) groups is 1. The molecule has 2 N–H and O–H groups in total. The topological polar surface area (TPSA) is 62.2 Å². The van der Waals surface area contributed by atoms with Crippen molar-refractivity contribution in [2.75, 3.05) is 32.7 Å². The third-order valence-corrected chi connectivity index (χ3v) is 3.87. The molecule has 0 saturated carbocycles. The van der Waals surface area contributed by atoms with E-state index in [1.54, 1.807) is 6.20 Å². The molecule has 1 aromatic heterocycles. The van der Waals surface area contributed by atoms with Gasteiger partial charge in [-0.15, -0.1) is 0 Å². The summed E-state index contributed by atoms with van der Waals surface area (Å²) in [7, 11) is 0. The first-order valence-corrected chi connectivity index (χ1v) is 7.32. The zero-order chi connectivity index (χ0) is 14.4. The highest BCUT2D eigenvalue weighted by Crippen LogP contribution is 2.15. The molecule has 0 aromatic carbocycles. The number of amides is 1. The van der Waals surface area contributed by atoms with E-state index >= 15 is 0 Å². The van der Waals surface area contributed by atoms with Gasteiger partial charge in [-0.1, -0.05) is 0 Å². The van der Waals surface area contributed by atoms with Gasteiger partial charge in [0.05, 0.1) is 5.54 Å². The van der Waals surface area contributed by atoms with Crippen molar-refractivity contribution in [2.24, 2.45) is 0 Å². The van der Waals surface area contributed by atoms with E-state index in [9.17, 15) is 4.79 Å². The first-order chi connectivity index (χ1) is 9.60. The molecule has 20 heavy (non-hydrogen) atoms. The summed E-state index contributed by atoms with van der Waals surface area (Å²) in [6.07, 6.45) is 4.60. The molecule has 2 rings (SSSR count). The molecular formula is C14H25N5O. The summed E-state index contributed by atoms with van der Waals surface area (Å²) in [6.45, 7) is 9.28. The molecule has 0 aliphatic carbocycles. The van der Waals surface area contributed by atoms with Crippen LogP contribution in [0.1, 0.15) is 20.3 Å². The molecule has 0 radical (unpaired) electrons. The van der Waals surface area contributed by atoms with Crippen molar-refractivity contribution in [1.29, 1.82) is 0 Å². The maximum atomic E-state index is 12.3. The van der Waals surface area contributed by atoms with Crippen LogP contribution in [0, 0.1) is 0 Å². The summed E-state index contributed by atoms with van der Waals surface area (Å²) in [5.41, 5.74) is -0.437. The van der Waals surface area contributed by atoms with Crippen molar-refractivity contribution in [3.8, 4) is 0 Å². The summed E-state index contributed by atoms with van der Waals surface area (Å²) < 4.78 is 1.88. The fourth-order valence-electron chi connectivity index (χ4n) is 2.46. The molecule has 1 aliphatic rings. The van der Waals surface area contributed by atoms with Gasteiger partial charge in [0, 0.05) is 51.7 Å². The predicted octanol–water partition coefficient (Wildman–Crippen LogP) is 0.0732. The van der Waals surface area contributed by atoms with Crippen molar-refractivity contribution in [3.63, 3.8) is 0 Å². The number of aryl methyl sites for hydroxylation is 1. The second-order valence-electron chi connectivity index (χ2n) is 5.67. The second kappa shape index (κ2) is 6.85. The third kappa shape index (κ3) is 3.80. The Hall–Kier alpha value is -1.40. The fourth-order valence-corrected chi connectivity index (χ4v) is 2.46. The fraction of sp³-hybridized carbons (Fsp3) is 0.714. The molecule has 1 fully saturated rings. The van der Waals surface area contributed by atoms with Gasteiger partial charge in [0.15, 0.2) is 0 Å². The van der Waals surface area contributed by atoms with Gasteiger partial charge in [0.2, 0.25) is 5.91 Å². The Bertz CT molecular complexity index is 409. The van der Waals surface area contributed by atoms with E-state index in [2.05, 4.69) is 20.6 Å². The number of hydrogen-bond acceptors (Lipinski definition) is 4. The van der Waals surface area contributed by atoms with Gasteiger partial charge in [0.25, 0.3) is 0 Å². The van der Waals surface area contributed by atoms with Crippen LogP contribution >= 0.6 is 0 Å². The molecule has 1 aromatic rings. The molecule has 1 amide bonds. The Labute approximate surface area is 120 Å². The van der Waals surface area contributed by atoms with Crippen molar-refractivity contribution < 1.29 is 4.79 Å². The van der Waals surface area contributed by atoms with E-state index in [1.807, 2.05) is 30.8 Å². The van der Waals surface area contributed by atoms with Gasteiger partial charge in [-0.2, -0.15) is 5.10 Å². The number of rotatable bonds is 6. The molecule has 112 valence electrons. The lowest BCUT2D eigenvalue weighted by atomic mass is 10.0. The van der Waals surface area contributed by atoms with Gasteiger partial charge in [-0.05, 0) is 26.3 Å². The summed E-state index contributed by atoms with van der Waals surface area (Å²) in [5.74, 6) is 0.111. The van der Waals surface area contributed by atoms with Gasteiger partial charge in [-0.3, -0.25) is 14.4 Å². The minimum atomic E-state index is -0.437. The zero-order valence-electron chi connectivity index (χ0n) is 12.4. The van der Waals surface area contributed by atoms with Gasteiger partial charge >= 0.3 is 0 Å². The molecule has 0 bridgehead atoms. The number of carbonyl (C=O) groups excluding carboxylic acids is 1. The molecule has 6 heteroatoms. The molecule has 0 unspecified atom stereocenters. The third-order valence-electron chi connectivity index (χ3n) is 3.87. The monoisotopic (exact) mass is 279 g/mol. The highest BCUT2D eigenvalue weighted by Gasteiger charge is 2.34. The van der Waals surface area contributed by atoms with Crippen LogP contribution in [-0.2, 0) is 11.3 Å². The minimum absolute atomic E-state index is 0.111. The number of piperazine rings is 1. The van der Waals surface area contributed by atoms with Crippen molar-refractivity contribution in [1.82, 2.24) is 25.3 Å². The maximum absolute atomic E-state index is 12.3. The van der Waals surface area contributed by atoms with E-state index in [4.69, 9.17) is 0 Å². The van der Waals surface area contributed by atoms with Crippen LogP contribution in [0.5, 0.6) is 0 Å². The molecule has 1 aliphatic heterocycles. The molecule has 1 saturated heterocycles. The summed E-state index contributed by atoms with van der Waals surface area (Å²) >= 11 is 0. The normalized spacial score (nSPS) is 17.1. The highest BCUT2D eigenvalue weighted by molar-refractivity contribution is 5.85. The van der Waals surface area contributed by atoms with E-state index in [0.29, 0.717) is 6.54 Å². The van der Waals surface area contributed by atoms with Crippen LogP contribution in [0.3, 0.4) is 0 Å². The lowest BCUT2D eigenvalue weighted by molar-refractivity contribution is -0.132. The zero-order valence-corrected chi connectivity index (χ0v) is 12.4. The lowest BCUT2D eigenvalue weighted by Gasteiger charge is -2.39. The van der Waals surface area contributed by atoms with E-state index in [1.165, 1.54) is 0 Å². The molecule has 0 spiro atoms. The van der Waals surface area contributed by atoms with Crippen LogP contribution in [0.2, 0.25) is 0 Å². The SMILES string of the molecule is CC(C)(C(=O)NCCCn1cccn1)N1CCNCC1. The Morgan fingerprint density at radius 3 is 2.80 bits per heavy atom. The summed E-state index contributed by atoms with van der Waals surface area (Å²) in [4.78, 5) is 14.6. The Morgan fingerprint density at radius 1 is 1.40 bits per heavy atom. The van der Waals surface area contributed by atoms with Crippen LogP contribution < -0.4 is 10.6 Å². The highest BCUT2D eigenvalue weighted by atomic mass is 16.2. The Morgan fingerprint density at radius 2 is 2.15 bits per heavy atom. The van der Waals surface area contributed by atoms with Gasteiger partial charge in [0.1, 0.15) is 0 Å². The first kappa shape index (κ1) is 15.0. The molecular weight excluding hydrogens is 254 g/mol. The quantitative estimate of drug-likeness (QED) is 0.724. The first-order valence-electron chi connectivity index (χ1n) is 7.32. The van der Waals surface area contributed by atoms with Crippen molar-refractivity contribution in [2.45, 2.75) is 32.4 Å². The van der Waals surface area contributed by atoms with Gasteiger partial charge < -0.3 is 10.6 Å². The van der Waals surface area contributed by atoms with Crippen molar-refractivity contribution >= 4 is 5.91 Å². The number of nitrogens with one attached hydrogen (secondary N) is 2. The summed E-state index contributed by atoms with van der Waals surface area (Å²) in [5, 5.41) is 10.5. The molecule has 2 heterocycles. The van der Waals surface area contributed by atoms with E-state index < -0.39 is 5.54 Å². The van der Waals surface area contributed by atoms with Crippen LogP contribution in [0.15, 0.2) is 18.5 Å². The average Bonchev–Trinajstić information content (AvgIpc) is 2.97. The smallest absolute Gasteiger partial charge is 0.239 e. The average molecular weight is 279 g/mol.